The maximum absolute atomic E-state index is 11.4. The first-order chi connectivity index (χ1) is 7.61. The van der Waals surface area contributed by atoms with Gasteiger partial charge in [-0.3, -0.25) is 4.79 Å². The van der Waals surface area contributed by atoms with E-state index in [4.69, 9.17) is 4.74 Å². The fourth-order valence-corrected chi connectivity index (χ4v) is 1.62. The van der Waals surface area contributed by atoms with Crippen molar-refractivity contribution in [3.05, 3.63) is 29.7 Å². The Morgan fingerprint density at radius 3 is 2.69 bits per heavy atom. The SMILES string of the molecule is COc1ccc2c(C(C)=O)nc(C)nc2c1. The summed E-state index contributed by atoms with van der Waals surface area (Å²) >= 11 is 0. The van der Waals surface area contributed by atoms with E-state index in [1.165, 1.54) is 6.92 Å². The van der Waals surface area contributed by atoms with Crippen molar-refractivity contribution in [2.75, 3.05) is 7.11 Å². The van der Waals surface area contributed by atoms with E-state index in [-0.39, 0.29) is 5.78 Å². The van der Waals surface area contributed by atoms with Gasteiger partial charge in [-0.25, -0.2) is 9.97 Å². The number of methoxy groups -OCH3 is 1. The third kappa shape index (κ3) is 1.74. The summed E-state index contributed by atoms with van der Waals surface area (Å²) in [7, 11) is 1.60. The van der Waals surface area contributed by atoms with Gasteiger partial charge >= 0.3 is 0 Å². The molecule has 0 atom stereocenters. The van der Waals surface area contributed by atoms with E-state index in [1.807, 2.05) is 6.07 Å². The number of nitrogens with zero attached hydrogens (tertiary/aromatic N) is 2. The molecule has 16 heavy (non-hydrogen) atoms. The van der Waals surface area contributed by atoms with E-state index in [1.54, 1.807) is 26.2 Å². The zero-order chi connectivity index (χ0) is 11.7. The number of hydrogen-bond acceptors (Lipinski definition) is 4. The molecule has 1 aromatic heterocycles. The predicted molar refractivity (Wildman–Crippen MR) is 60.8 cm³/mol. The molecule has 0 saturated carbocycles. The molecule has 4 nitrogen and oxygen atoms in total. The minimum absolute atomic E-state index is 0.0549. The third-order valence-electron chi connectivity index (χ3n) is 2.35. The summed E-state index contributed by atoms with van der Waals surface area (Å²) < 4.78 is 5.12. The molecule has 2 aromatic rings. The van der Waals surface area contributed by atoms with Gasteiger partial charge < -0.3 is 4.74 Å². The van der Waals surface area contributed by atoms with Crippen LogP contribution in [0.1, 0.15) is 23.2 Å². The van der Waals surface area contributed by atoms with Gasteiger partial charge in [0.15, 0.2) is 5.78 Å². The number of benzene rings is 1. The molecule has 0 aliphatic heterocycles. The Bertz CT molecular complexity index is 564. The molecule has 0 amide bonds. The lowest BCUT2D eigenvalue weighted by Crippen LogP contribution is -2.02. The van der Waals surface area contributed by atoms with Gasteiger partial charge in [0, 0.05) is 18.4 Å². The highest BCUT2D eigenvalue weighted by Gasteiger charge is 2.10. The molecule has 0 radical (unpaired) electrons. The van der Waals surface area contributed by atoms with Crippen LogP contribution in [0, 0.1) is 6.92 Å². The van der Waals surface area contributed by atoms with E-state index in [0.29, 0.717) is 11.5 Å². The normalized spacial score (nSPS) is 10.4. The van der Waals surface area contributed by atoms with Crippen LogP contribution in [0.5, 0.6) is 5.75 Å². The lowest BCUT2D eigenvalue weighted by Gasteiger charge is -2.05. The van der Waals surface area contributed by atoms with Crippen molar-refractivity contribution in [3.63, 3.8) is 0 Å². The second-order valence-electron chi connectivity index (χ2n) is 3.56. The van der Waals surface area contributed by atoms with Crippen molar-refractivity contribution < 1.29 is 9.53 Å². The number of rotatable bonds is 2. The Labute approximate surface area is 93.3 Å². The number of fused-ring (bicyclic) bond motifs is 1. The van der Waals surface area contributed by atoms with Crippen molar-refractivity contribution >= 4 is 16.7 Å². The summed E-state index contributed by atoms with van der Waals surface area (Å²) in [5.74, 6) is 1.26. The van der Waals surface area contributed by atoms with E-state index < -0.39 is 0 Å². The van der Waals surface area contributed by atoms with Gasteiger partial charge in [0.1, 0.15) is 17.3 Å². The fourth-order valence-electron chi connectivity index (χ4n) is 1.62. The molecule has 1 heterocycles. The lowest BCUT2D eigenvalue weighted by molar-refractivity contribution is 0.101. The molecule has 0 saturated heterocycles. The number of Topliss-reactive ketones (excluding diaryl/α,β-unsaturated/α-hetero) is 1. The van der Waals surface area contributed by atoms with E-state index in [2.05, 4.69) is 9.97 Å². The van der Waals surface area contributed by atoms with Crippen LogP contribution in [0.2, 0.25) is 0 Å². The zero-order valence-corrected chi connectivity index (χ0v) is 9.44. The first-order valence-electron chi connectivity index (χ1n) is 4.95. The minimum Gasteiger partial charge on any atom is -0.497 e. The quantitative estimate of drug-likeness (QED) is 0.722. The molecule has 0 bridgehead atoms. The van der Waals surface area contributed by atoms with Crippen LogP contribution in [0.4, 0.5) is 0 Å². The summed E-state index contributed by atoms with van der Waals surface area (Å²) in [6.45, 7) is 3.27. The summed E-state index contributed by atoms with van der Waals surface area (Å²) in [6.07, 6.45) is 0. The third-order valence-corrected chi connectivity index (χ3v) is 2.35. The van der Waals surface area contributed by atoms with Crippen LogP contribution in [0.25, 0.3) is 10.9 Å². The molecular formula is C12H12N2O2. The Kier molecular flexibility index (Phi) is 2.56. The number of carbonyl (C=O) groups is 1. The highest BCUT2D eigenvalue weighted by Crippen LogP contribution is 2.21. The van der Waals surface area contributed by atoms with Crippen molar-refractivity contribution in [2.45, 2.75) is 13.8 Å². The van der Waals surface area contributed by atoms with Crippen LogP contribution >= 0.6 is 0 Å². The van der Waals surface area contributed by atoms with Crippen LogP contribution < -0.4 is 4.74 Å². The van der Waals surface area contributed by atoms with E-state index in [9.17, 15) is 4.79 Å². The first kappa shape index (κ1) is 10.5. The molecule has 0 fully saturated rings. The largest absolute Gasteiger partial charge is 0.497 e. The summed E-state index contributed by atoms with van der Waals surface area (Å²) in [4.78, 5) is 19.9. The average molecular weight is 216 g/mol. The van der Waals surface area contributed by atoms with Gasteiger partial charge in [-0.2, -0.15) is 0 Å². The minimum atomic E-state index is -0.0549. The number of ketones is 1. The fraction of sp³-hybridized carbons (Fsp3) is 0.250. The molecule has 82 valence electrons. The number of carbonyl (C=O) groups excluding carboxylic acids is 1. The van der Waals surface area contributed by atoms with Gasteiger partial charge in [-0.1, -0.05) is 0 Å². The number of ether oxygens (including phenoxy) is 1. The van der Waals surface area contributed by atoms with Crippen LogP contribution in [-0.2, 0) is 0 Å². The molecule has 0 aliphatic carbocycles. The van der Waals surface area contributed by atoms with E-state index >= 15 is 0 Å². The van der Waals surface area contributed by atoms with Crippen molar-refractivity contribution in [1.82, 2.24) is 9.97 Å². The topological polar surface area (TPSA) is 52.1 Å². The van der Waals surface area contributed by atoms with Crippen LogP contribution in [0.15, 0.2) is 18.2 Å². The summed E-state index contributed by atoms with van der Waals surface area (Å²) in [6, 6.07) is 5.41. The Hall–Kier alpha value is -1.97. The van der Waals surface area contributed by atoms with Gasteiger partial charge in [0.05, 0.1) is 12.6 Å². The van der Waals surface area contributed by atoms with E-state index in [0.717, 1.165) is 16.7 Å². The molecule has 4 heteroatoms. The second kappa shape index (κ2) is 3.89. The predicted octanol–water partition coefficient (Wildman–Crippen LogP) is 2.15. The average Bonchev–Trinajstić information content (AvgIpc) is 2.26. The van der Waals surface area contributed by atoms with Gasteiger partial charge in [0.25, 0.3) is 0 Å². The van der Waals surface area contributed by atoms with Crippen LogP contribution in [0.3, 0.4) is 0 Å². The highest BCUT2D eigenvalue weighted by atomic mass is 16.5. The Morgan fingerprint density at radius 1 is 1.31 bits per heavy atom. The molecule has 0 aliphatic rings. The van der Waals surface area contributed by atoms with Crippen molar-refractivity contribution in [1.29, 1.82) is 0 Å². The summed E-state index contributed by atoms with van der Waals surface area (Å²) in [5.41, 5.74) is 1.20. The van der Waals surface area contributed by atoms with Gasteiger partial charge in [-0.15, -0.1) is 0 Å². The molecule has 0 spiro atoms. The zero-order valence-electron chi connectivity index (χ0n) is 9.44. The Balaban J connectivity index is 2.78. The summed E-state index contributed by atoms with van der Waals surface area (Å²) in [5, 5.41) is 0.763. The highest BCUT2D eigenvalue weighted by molar-refractivity contribution is 6.04. The lowest BCUT2D eigenvalue weighted by atomic mass is 10.1. The number of hydrogen-bond donors (Lipinski definition) is 0. The maximum atomic E-state index is 11.4. The maximum Gasteiger partial charge on any atom is 0.178 e. The molecular weight excluding hydrogens is 204 g/mol. The first-order valence-corrected chi connectivity index (χ1v) is 4.95. The molecule has 0 unspecified atom stereocenters. The van der Waals surface area contributed by atoms with Crippen LogP contribution in [-0.4, -0.2) is 22.9 Å². The standard InChI is InChI=1S/C12H12N2O2/c1-7(15)12-10-5-4-9(16-3)6-11(10)13-8(2)14-12/h4-6H,1-3H3. The van der Waals surface area contributed by atoms with Crippen molar-refractivity contribution in [2.24, 2.45) is 0 Å². The molecule has 0 N–H and O–H groups in total. The Morgan fingerprint density at radius 2 is 2.06 bits per heavy atom. The number of aromatic nitrogens is 2. The molecule has 1 aromatic carbocycles. The number of aryl methyl sites for hydroxylation is 1. The smallest absolute Gasteiger partial charge is 0.178 e. The van der Waals surface area contributed by atoms with Gasteiger partial charge in [0.2, 0.25) is 0 Å². The van der Waals surface area contributed by atoms with Crippen molar-refractivity contribution in [3.8, 4) is 5.75 Å². The molecule has 2 rings (SSSR count). The second-order valence-corrected chi connectivity index (χ2v) is 3.56. The monoisotopic (exact) mass is 216 g/mol. The van der Waals surface area contributed by atoms with Gasteiger partial charge in [-0.05, 0) is 19.1 Å².